The van der Waals surface area contributed by atoms with Crippen LogP contribution < -0.4 is 16.6 Å². The predicted octanol–water partition coefficient (Wildman–Crippen LogP) is 2.91. The lowest BCUT2D eigenvalue weighted by Crippen LogP contribution is -2.15. The lowest BCUT2D eigenvalue weighted by molar-refractivity contribution is 0.319. The number of nitrogens with two attached hydrogens (primary N) is 1. The molecule has 2 aromatic carbocycles. The van der Waals surface area contributed by atoms with E-state index in [1.807, 2.05) is 0 Å². The molecule has 0 atom stereocenters. The Morgan fingerprint density at radius 2 is 1.86 bits per heavy atom. The largest absolute Gasteiger partial charge is 0.453 e. The van der Waals surface area contributed by atoms with Crippen LogP contribution in [0.3, 0.4) is 0 Å². The molecule has 0 fully saturated rings. The Labute approximate surface area is 155 Å². The second-order valence-electron chi connectivity index (χ2n) is 5.66. The number of halogens is 3. The van der Waals surface area contributed by atoms with Crippen molar-refractivity contribution >= 4 is 32.7 Å². The van der Waals surface area contributed by atoms with Gasteiger partial charge in [-0.05, 0) is 25.1 Å². The van der Waals surface area contributed by atoms with Crippen molar-refractivity contribution in [2.75, 3.05) is 11.2 Å². The summed E-state index contributed by atoms with van der Waals surface area (Å²) in [5.41, 5.74) is 3.61. The number of benzene rings is 2. The standard InChI is InChI=1S/C16H11F3N2O6S/c1-6-13(18)15(21-27-28(23,24)25)12-10(22)5-11(26-16(12)14(6)19)7-2-3-9(20)8(17)4-7/h2-5,21H,20H2,1H3,(H,23,24,25). The van der Waals surface area contributed by atoms with E-state index in [-0.39, 0.29) is 17.0 Å². The van der Waals surface area contributed by atoms with E-state index in [2.05, 4.69) is 4.28 Å². The molecule has 4 N–H and O–H groups in total. The lowest BCUT2D eigenvalue weighted by Gasteiger charge is -2.12. The van der Waals surface area contributed by atoms with Gasteiger partial charge in [0, 0.05) is 17.2 Å². The molecule has 0 bridgehead atoms. The molecule has 0 spiro atoms. The van der Waals surface area contributed by atoms with E-state index in [9.17, 15) is 26.4 Å². The van der Waals surface area contributed by atoms with Gasteiger partial charge in [-0.2, -0.15) is 8.42 Å². The third-order valence-corrected chi connectivity index (χ3v) is 4.10. The molecule has 0 aliphatic carbocycles. The molecule has 8 nitrogen and oxygen atoms in total. The SMILES string of the molecule is Cc1c(F)c(NOS(=O)(=O)O)c2c(=O)cc(-c3ccc(N)c(F)c3)oc2c1F. The highest BCUT2D eigenvalue weighted by atomic mass is 32.3. The molecule has 28 heavy (non-hydrogen) atoms. The van der Waals surface area contributed by atoms with E-state index in [0.717, 1.165) is 19.1 Å². The normalized spacial score (nSPS) is 11.8. The number of nitrogens with one attached hydrogen (secondary N) is 1. The molecule has 0 saturated heterocycles. The molecule has 0 unspecified atom stereocenters. The maximum absolute atomic E-state index is 14.5. The molecule has 0 radical (unpaired) electrons. The van der Waals surface area contributed by atoms with E-state index in [1.54, 1.807) is 5.48 Å². The van der Waals surface area contributed by atoms with Gasteiger partial charge in [-0.1, -0.05) is 0 Å². The minimum absolute atomic E-state index is 0.0516. The Morgan fingerprint density at radius 3 is 2.46 bits per heavy atom. The Hall–Kier alpha value is -3.09. The average molecular weight is 416 g/mol. The van der Waals surface area contributed by atoms with Gasteiger partial charge in [-0.15, -0.1) is 4.28 Å². The molecule has 1 aromatic heterocycles. The highest BCUT2D eigenvalue weighted by Gasteiger charge is 2.24. The number of rotatable bonds is 4. The molecule has 148 valence electrons. The molecule has 0 saturated carbocycles. The van der Waals surface area contributed by atoms with Crippen LogP contribution in [0.5, 0.6) is 0 Å². The summed E-state index contributed by atoms with van der Waals surface area (Å²) in [6.45, 7) is 0.998. The number of fused-ring (bicyclic) bond motifs is 1. The van der Waals surface area contributed by atoms with E-state index < -0.39 is 55.5 Å². The van der Waals surface area contributed by atoms with Crippen molar-refractivity contribution in [1.29, 1.82) is 0 Å². The van der Waals surface area contributed by atoms with Crippen molar-refractivity contribution in [3.05, 3.63) is 57.5 Å². The second-order valence-corrected chi connectivity index (χ2v) is 6.68. The summed E-state index contributed by atoms with van der Waals surface area (Å²) >= 11 is 0. The van der Waals surface area contributed by atoms with Crippen LogP contribution in [0.15, 0.2) is 33.5 Å². The zero-order valence-corrected chi connectivity index (χ0v) is 14.7. The highest BCUT2D eigenvalue weighted by molar-refractivity contribution is 7.80. The minimum atomic E-state index is -5.06. The smallest absolute Gasteiger partial charge is 0.418 e. The first kappa shape index (κ1) is 19.7. The van der Waals surface area contributed by atoms with E-state index >= 15 is 0 Å². The van der Waals surface area contributed by atoms with Crippen molar-refractivity contribution in [2.45, 2.75) is 6.92 Å². The van der Waals surface area contributed by atoms with Crippen molar-refractivity contribution in [3.63, 3.8) is 0 Å². The fourth-order valence-electron chi connectivity index (χ4n) is 2.46. The monoisotopic (exact) mass is 416 g/mol. The molecule has 0 amide bonds. The van der Waals surface area contributed by atoms with E-state index in [1.165, 1.54) is 12.1 Å². The third-order valence-electron chi connectivity index (χ3n) is 3.81. The molecule has 3 aromatic rings. The molecule has 0 aliphatic rings. The first-order valence-electron chi connectivity index (χ1n) is 7.42. The number of nitrogen functional groups attached to an aromatic ring is 1. The first-order chi connectivity index (χ1) is 13.0. The molecule has 1 heterocycles. The van der Waals surface area contributed by atoms with Gasteiger partial charge in [-0.3, -0.25) is 9.35 Å². The molecule has 12 heteroatoms. The zero-order chi connectivity index (χ0) is 20.8. The summed E-state index contributed by atoms with van der Waals surface area (Å²) in [6.07, 6.45) is 0. The van der Waals surface area contributed by atoms with Gasteiger partial charge in [0.05, 0.1) is 11.1 Å². The van der Waals surface area contributed by atoms with Crippen LogP contribution in [0.1, 0.15) is 5.56 Å². The molecule has 0 aliphatic heterocycles. The summed E-state index contributed by atoms with van der Waals surface area (Å²) < 4.78 is 81.8. The number of anilines is 2. The fourth-order valence-corrected chi connectivity index (χ4v) is 2.65. The summed E-state index contributed by atoms with van der Waals surface area (Å²) in [4.78, 5) is 12.5. The fraction of sp³-hybridized carbons (Fsp3) is 0.0625. The van der Waals surface area contributed by atoms with Gasteiger partial charge in [0.2, 0.25) is 0 Å². The summed E-state index contributed by atoms with van der Waals surface area (Å²) in [7, 11) is -5.06. The van der Waals surface area contributed by atoms with Crippen molar-refractivity contribution < 1.29 is 34.8 Å². The van der Waals surface area contributed by atoms with Gasteiger partial charge in [0.1, 0.15) is 17.3 Å². The predicted molar refractivity (Wildman–Crippen MR) is 93.2 cm³/mol. The Balaban J connectivity index is 2.30. The van der Waals surface area contributed by atoms with Gasteiger partial charge < -0.3 is 10.2 Å². The second kappa shape index (κ2) is 6.82. The Morgan fingerprint density at radius 1 is 1.18 bits per heavy atom. The van der Waals surface area contributed by atoms with Crippen LogP contribution in [-0.2, 0) is 14.7 Å². The Kier molecular flexibility index (Phi) is 4.79. The van der Waals surface area contributed by atoms with Crippen LogP contribution in [0.4, 0.5) is 24.5 Å². The van der Waals surface area contributed by atoms with Crippen molar-refractivity contribution in [3.8, 4) is 11.3 Å². The van der Waals surface area contributed by atoms with E-state index in [4.69, 9.17) is 14.7 Å². The van der Waals surface area contributed by atoms with Crippen molar-refractivity contribution in [2.24, 2.45) is 0 Å². The summed E-state index contributed by atoms with van der Waals surface area (Å²) in [5.74, 6) is -3.63. The van der Waals surface area contributed by atoms with Gasteiger partial charge >= 0.3 is 10.4 Å². The van der Waals surface area contributed by atoms with Gasteiger partial charge in [0.15, 0.2) is 22.6 Å². The number of hydrogen-bond acceptors (Lipinski definition) is 7. The molecular weight excluding hydrogens is 405 g/mol. The minimum Gasteiger partial charge on any atom is -0.453 e. The first-order valence-corrected chi connectivity index (χ1v) is 8.79. The lowest BCUT2D eigenvalue weighted by atomic mass is 10.1. The summed E-state index contributed by atoms with van der Waals surface area (Å²) in [6, 6.07) is 4.29. The maximum atomic E-state index is 14.5. The van der Waals surface area contributed by atoms with Crippen LogP contribution in [0, 0.1) is 24.4 Å². The van der Waals surface area contributed by atoms with Gasteiger partial charge in [0.25, 0.3) is 0 Å². The Bertz CT molecular complexity index is 1270. The highest BCUT2D eigenvalue weighted by Crippen LogP contribution is 2.33. The number of hydrogen-bond donors (Lipinski definition) is 3. The summed E-state index contributed by atoms with van der Waals surface area (Å²) in [5, 5.41) is -0.719. The third kappa shape index (κ3) is 3.52. The average Bonchev–Trinajstić information content (AvgIpc) is 2.61. The topological polar surface area (TPSA) is 132 Å². The maximum Gasteiger partial charge on any atom is 0.418 e. The zero-order valence-electron chi connectivity index (χ0n) is 13.9. The van der Waals surface area contributed by atoms with Crippen LogP contribution >= 0.6 is 0 Å². The van der Waals surface area contributed by atoms with Crippen LogP contribution in [-0.4, -0.2) is 13.0 Å². The molecule has 3 rings (SSSR count). The molecular formula is C16H11F3N2O6S. The van der Waals surface area contributed by atoms with Gasteiger partial charge in [-0.25, -0.2) is 18.7 Å². The van der Waals surface area contributed by atoms with E-state index in [0.29, 0.717) is 0 Å². The quantitative estimate of drug-likeness (QED) is 0.336. The van der Waals surface area contributed by atoms with Crippen LogP contribution in [0.25, 0.3) is 22.3 Å². The van der Waals surface area contributed by atoms with Crippen molar-refractivity contribution in [1.82, 2.24) is 0 Å². The van der Waals surface area contributed by atoms with Crippen LogP contribution in [0.2, 0.25) is 0 Å².